The molecule has 5 nitrogen and oxygen atoms in total. The molecule has 0 aromatic carbocycles. The Morgan fingerprint density at radius 3 is 3.04 bits per heavy atom. The van der Waals surface area contributed by atoms with Crippen molar-refractivity contribution in [3.63, 3.8) is 0 Å². The Morgan fingerprint density at radius 2 is 2.26 bits per heavy atom. The summed E-state index contributed by atoms with van der Waals surface area (Å²) in [5.41, 5.74) is 2.09. The molecule has 2 aromatic rings. The molecule has 2 unspecified atom stereocenters. The predicted molar refractivity (Wildman–Crippen MR) is 90.4 cm³/mol. The number of fused-ring (bicyclic) bond motifs is 1. The number of hydrogen-bond donors (Lipinski definition) is 0. The lowest BCUT2D eigenvalue weighted by molar-refractivity contribution is 0.185. The second-order valence-corrected chi connectivity index (χ2v) is 6.97. The number of imidazole rings is 1. The third-order valence-electron chi connectivity index (χ3n) is 5.34. The number of rotatable bonds is 5. The van der Waals surface area contributed by atoms with Gasteiger partial charge in [-0.1, -0.05) is 6.92 Å². The fraction of sp³-hybridized carbons (Fsp3) is 0.667. The Kier molecular flexibility index (Phi) is 4.31. The van der Waals surface area contributed by atoms with Gasteiger partial charge in [-0.05, 0) is 49.9 Å². The summed E-state index contributed by atoms with van der Waals surface area (Å²) in [5, 5.41) is 0. The Hall–Kier alpha value is -1.46. The van der Waals surface area contributed by atoms with Crippen molar-refractivity contribution in [3.05, 3.63) is 24.2 Å². The summed E-state index contributed by atoms with van der Waals surface area (Å²) in [4.78, 5) is 12.0. The van der Waals surface area contributed by atoms with Gasteiger partial charge in [-0.3, -0.25) is 0 Å². The van der Waals surface area contributed by atoms with Gasteiger partial charge in [0.15, 0.2) is 5.65 Å². The first-order valence-electron chi connectivity index (χ1n) is 8.93. The van der Waals surface area contributed by atoms with E-state index in [4.69, 9.17) is 9.72 Å². The molecular formula is C18H26N4O. The van der Waals surface area contributed by atoms with Crippen LogP contribution >= 0.6 is 0 Å². The monoisotopic (exact) mass is 314 g/mol. The standard InChI is InChI=1S/C18H26N4O/c1-2-21-8-5-15(11-21)12-22-17(10-14-6-9-23-13-14)20-16-4-3-7-19-18(16)22/h3-4,7,14-15H,2,5-6,8-13H2,1H3. The molecule has 4 heterocycles. The first kappa shape index (κ1) is 15.1. The van der Waals surface area contributed by atoms with Crippen molar-refractivity contribution in [1.29, 1.82) is 0 Å². The predicted octanol–water partition coefficient (Wildman–Crippen LogP) is 2.35. The maximum absolute atomic E-state index is 5.55. The average Bonchev–Trinajstić information content (AvgIpc) is 3.30. The lowest BCUT2D eigenvalue weighted by atomic mass is 10.0. The number of ether oxygens (including phenoxy) is 1. The van der Waals surface area contributed by atoms with Crippen molar-refractivity contribution in [2.45, 2.75) is 32.7 Å². The van der Waals surface area contributed by atoms with Crippen LogP contribution in [-0.2, 0) is 17.7 Å². The minimum atomic E-state index is 0.612. The number of pyridine rings is 1. The molecule has 2 aliphatic heterocycles. The third kappa shape index (κ3) is 3.12. The third-order valence-corrected chi connectivity index (χ3v) is 5.34. The summed E-state index contributed by atoms with van der Waals surface area (Å²) in [6.07, 6.45) is 5.34. The Labute approximate surface area is 137 Å². The van der Waals surface area contributed by atoms with Crippen LogP contribution in [0.5, 0.6) is 0 Å². The average molecular weight is 314 g/mol. The quantitative estimate of drug-likeness (QED) is 0.850. The highest BCUT2D eigenvalue weighted by molar-refractivity contribution is 5.71. The molecule has 2 fully saturated rings. The Morgan fingerprint density at radius 1 is 1.30 bits per heavy atom. The zero-order valence-corrected chi connectivity index (χ0v) is 13.9. The maximum atomic E-state index is 5.55. The molecule has 0 N–H and O–H groups in total. The zero-order valence-electron chi connectivity index (χ0n) is 13.9. The second-order valence-electron chi connectivity index (χ2n) is 6.97. The van der Waals surface area contributed by atoms with Gasteiger partial charge in [-0.2, -0.15) is 0 Å². The summed E-state index contributed by atoms with van der Waals surface area (Å²) in [5.74, 6) is 2.53. The molecule has 0 amide bonds. The van der Waals surface area contributed by atoms with Crippen LogP contribution in [0.1, 0.15) is 25.6 Å². The van der Waals surface area contributed by atoms with E-state index in [1.54, 1.807) is 0 Å². The van der Waals surface area contributed by atoms with Crippen LogP contribution in [0.3, 0.4) is 0 Å². The van der Waals surface area contributed by atoms with Crippen LogP contribution in [0, 0.1) is 11.8 Å². The number of nitrogens with zero attached hydrogens (tertiary/aromatic N) is 4. The molecule has 2 saturated heterocycles. The molecule has 5 heteroatoms. The maximum Gasteiger partial charge on any atom is 0.159 e. The molecule has 0 saturated carbocycles. The van der Waals surface area contributed by atoms with E-state index in [9.17, 15) is 0 Å². The van der Waals surface area contributed by atoms with Crippen LogP contribution in [0.2, 0.25) is 0 Å². The molecular weight excluding hydrogens is 288 g/mol. The van der Waals surface area contributed by atoms with Crippen molar-refractivity contribution < 1.29 is 4.74 Å². The van der Waals surface area contributed by atoms with E-state index in [0.29, 0.717) is 11.8 Å². The van der Waals surface area contributed by atoms with Crippen molar-refractivity contribution in [3.8, 4) is 0 Å². The van der Waals surface area contributed by atoms with Gasteiger partial charge < -0.3 is 14.2 Å². The highest BCUT2D eigenvalue weighted by atomic mass is 16.5. The molecule has 0 spiro atoms. The van der Waals surface area contributed by atoms with Crippen LogP contribution in [-0.4, -0.2) is 52.3 Å². The van der Waals surface area contributed by atoms with Gasteiger partial charge in [-0.25, -0.2) is 9.97 Å². The molecule has 124 valence electrons. The van der Waals surface area contributed by atoms with E-state index in [1.807, 2.05) is 12.3 Å². The van der Waals surface area contributed by atoms with Gasteiger partial charge in [0.05, 0.1) is 0 Å². The smallest absolute Gasteiger partial charge is 0.159 e. The molecule has 2 atom stereocenters. The molecule has 23 heavy (non-hydrogen) atoms. The molecule has 0 radical (unpaired) electrons. The number of aromatic nitrogens is 3. The SMILES string of the molecule is CCN1CCC(Cn2c(CC3CCOC3)nc3cccnc32)C1. The number of hydrogen-bond acceptors (Lipinski definition) is 4. The van der Waals surface area contributed by atoms with Crippen molar-refractivity contribution >= 4 is 11.2 Å². The molecule has 0 aliphatic carbocycles. The molecule has 2 aromatic heterocycles. The Bertz CT molecular complexity index is 662. The summed E-state index contributed by atoms with van der Waals surface area (Å²) >= 11 is 0. The fourth-order valence-electron chi connectivity index (χ4n) is 3.96. The fourth-order valence-corrected chi connectivity index (χ4v) is 3.96. The van der Waals surface area contributed by atoms with Crippen molar-refractivity contribution in [2.24, 2.45) is 11.8 Å². The lowest BCUT2D eigenvalue weighted by Gasteiger charge is -2.16. The molecule has 2 aliphatic rings. The summed E-state index contributed by atoms with van der Waals surface area (Å²) in [6.45, 7) is 8.67. The van der Waals surface area contributed by atoms with Crippen molar-refractivity contribution in [1.82, 2.24) is 19.4 Å². The van der Waals surface area contributed by atoms with Gasteiger partial charge in [0.25, 0.3) is 0 Å². The van der Waals surface area contributed by atoms with Crippen LogP contribution in [0.15, 0.2) is 18.3 Å². The summed E-state index contributed by atoms with van der Waals surface area (Å²) < 4.78 is 7.93. The van der Waals surface area contributed by atoms with Crippen LogP contribution in [0.25, 0.3) is 11.2 Å². The van der Waals surface area contributed by atoms with Gasteiger partial charge in [0, 0.05) is 38.9 Å². The summed E-state index contributed by atoms with van der Waals surface area (Å²) in [7, 11) is 0. The van der Waals surface area contributed by atoms with Gasteiger partial charge in [0.1, 0.15) is 11.3 Å². The zero-order chi connectivity index (χ0) is 15.6. The van der Waals surface area contributed by atoms with Gasteiger partial charge in [0.2, 0.25) is 0 Å². The Balaban J connectivity index is 1.60. The van der Waals surface area contributed by atoms with E-state index in [2.05, 4.69) is 27.4 Å². The minimum Gasteiger partial charge on any atom is -0.381 e. The van der Waals surface area contributed by atoms with Gasteiger partial charge >= 0.3 is 0 Å². The number of likely N-dealkylation sites (tertiary alicyclic amines) is 1. The van der Waals surface area contributed by atoms with Crippen LogP contribution < -0.4 is 0 Å². The van der Waals surface area contributed by atoms with E-state index in [0.717, 1.165) is 50.3 Å². The lowest BCUT2D eigenvalue weighted by Crippen LogP contribution is -2.22. The largest absolute Gasteiger partial charge is 0.381 e. The second kappa shape index (κ2) is 6.57. The molecule has 0 bridgehead atoms. The summed E-state index contributed by atoms with van der Waals surface area (Å²) in [6, 6.07) is 4.07. The van der Waals surface area contributed by atoms with Crippen molar-refractivity contribution in [2.75, 3.05) is 32.8 Å². The van der Waals surface area contributed by atoms with Crippen LogP contribution in [0.4, 0.5) is 0 Å². The van der Waals surface area contributed by atoms with E-state index in [-0.39, 0.29) is 0 Å². The first-order chi connectivity index (χ1) is 11.3. The normalized spacial score (nSPS) is 25.6. The van der Waals surface area contributed by atoms with E-state index >= 15 is 0 Å². The minimum absolute atomic E-state index is 0.612. The van der Waals surface area contributed by atoms with E-state index in [1.165, 1.54) is 25.3 Å². The van der Waals surface area contributed by atoms with Gasteiger partial charge in [-0.15, -0.1) is 0 Å². The van der Waals surface area contributed by atoms with E-state index < -0.39 is 0 Å². The topological polar surface area (TPSA) is 43.2 Å². The first-order valence-corrected chi connectivity index (χ1v) is 8.93. The molecule has 4 rings (SSSR count). The highest BCUT2D eigenvalue weighted by Gasteiger charge is 2.25. The highest BCUT2D eigenvalue weighted by Crippen LogP contribution is 2.25.